The van der Waals surface area contributed by atoms with Crippen LogP contribution >= 0.6 is 0 Å². The summed E-state index contributed by atoms with van der Waals surface area (Å²) in [6, 6.07) is 0. The van der Waals surface area contributed by atoms with Gasteiger partial charge in [0.1, 0.15) is 9.85 Å². The standard InChI is InChI=1S/C2H2N10O8/c13-9(14)2(10(15)16)1-7(5-11(17)18)3-4-8(1)6-12(19)20/h5-6H. The van der Waals surface area contributed by atoms with E-state index in [0.29, 0.717) is 0 Å². The largest absolute Gasteiger partial charge is 0.608 e. The molecule has 0 spiro atoms. The predicted molar refractivity (Wildman–Crippen MR) is 49.8 cm³/mol. The lowest BCUT2D eigenvalue weighted by Gasteiger charge is -2.10. The van der Waals surface area contributed by atoms with Gasteiger partial charge >= 0.3 is 11.6 Å². The van der Waals surface area contributed by atoms with E-state index in [9.17, 15) is 40.5 Å². The van der Waals surface area contributed by atoms with E-state index in [1.165, 1.54) is 11.1 Å². The zero-order valence-electron chi connectivity index (χ0n) is 8.84. The Labute approximate surface area is 105 Å². The second-order valence-electron chi connectivity index (χ2n) is 2.68. The Bertz CT molecular complexity index is 491. The first-order chi connectivity index (χ1) is 9.23. The minimum atomic E-state index is -1.83. The second kappa shape index (κ2) is 5.19. The van der Waals surface area contributed by atoms with E-state index < -0.39 is 31.6 Å². The fourth-order valence-electron chi connectivity index (χ4n) is 0.963. The lowest BCUT2D eigenvalue weighted by atomic mass is 10.6. The molecule has 1 aliphatic heterocycles. The molecule has 0 saturated heterocycles. The van der Waals surface area contributed by atoms with Gasteiger partial charge in [-0.25, -0.2) is 20.2 Å². The maximum atomic E-state index is 10.6. The van der Waals surface area contributed by atoms with Crippen LogP contribution in [0, 0.1) is 40.5 Å². The van der Waals surface area contributed by atoms with Gasteiger partial charge in [0.25, 0.3) is 0 Å². The van der Waals surface area contributed by atoms with Crippen molar-refractivity contribution in [2.45, 2.75) is 0 Å². The van der Waals surface area contributed by atoms with Crippen molar-refractivity contribution in [3.05, 3.63) is 52.1 Å². The third-order valence-corrected chi connectivity index (χ3v) is 1.52. The summed E-state index contributed by atoms with van der Waals surface area (Å²) in [5.41, 5.74) is 2.42. The van der Waals surface area contributed by atoms with Crippen molar-refractivity contribution >= 4 is 0 Å². The highest BCUT2D eigenvalue weighted by Gasteiger charge is 2.47. The zero-order chi connectivity index (χ0) is 15.4. The molecule has 2 N–H and O–H groups in total. The smallest absolute Gasteiger partial charge is 0.253 e. The molecule has 1 aliphatic rings. The van der Waals surface area contributed by atoms with Gasteiger partial charge in [0.15, 0.2) is 10.1 Å². The molecule has 1 rings (SSSR count). The van der Waals surface area contributed by atoms with Crippen molar-refractivity contribution in [2.24, 2.45) is 10.4 Å². The molecule has 1 heterocycles. The molecule has 0 bridgehead atoms. The zero-order valence-corrected chi connectivity index (χ0v) is 8.84. The molecule has 0 unspecified atom stereocenters. The maximum Gasteiger partial charge on any atom is 0.608 e. The molecule has 0 saturated carbocycles. The molecule has 108 valence electrons. The molecule has 0 aromatic carbocycles. The highest BCUT2D eigenvalue weighted by molar-refractivity contribution is 4.97. The first-order valence-electron chi connectivity index (χ1n) is 4.10. The summed E-state index contributed by atoms with van der Waals surface area (Å²) in [4.78, 5) is 38.5. The van der Waals surface area contributed by atoms with E-state index in [4.69, 9.17) is 0 Å². The predicted octanol–water partition coefficient (Wildman–Crippen LogP) is -2.04. The van der Waals surface area contributed by atoms with Crippen LogP contribution in [0.3, 0.4) is 0 Å². The topological polar surface area (TPSA) is 228 Å². The average Bonchev–Trinajstić information content (AvgIpc) is 2.60. The van der Waals surface area contributed by atoms with Crippen LogP contribution in [0.5, 0.6) is 0 Å². The molecule has 18 nitrogen and oxygen atoms in total. The Hall–Kier alpha value is -3.86. The van der Waals surface area contributed by atoms with Gasteiger partial charge < -0.3 is 0 Å². The number of hydrogen-bond acceptors (Lipinski definition) is 12. The molecule has 20 heavy (non-hydrogen) atoms. The van der Waals surface area contributed by atoms with Crippen LogP contribution in [0.25, 0.3) is 0 Å². The third-order valence-electron chi connectivity index (χ3n) is 1.52. The van der Waals surface area contributed by atoms with Gasteiger partial charge in [-0.15, -0.1) is 0 Å². The number of hydrogen-bond donors (Lipinski definition) is 2. The summed E-state index contributed by atoms with van der Waals surface area (Å²) in [7, 11) is 0. The summed E-state index contributed by atoms with van der Waals surface area (Å²) in [6.07, 6.45) is 0. The van der Waals surface area contributed by atoms with Crippen LogP contribution in [0.1, 0.15) is 0 Å². The van der Waals surface area contributed by atoms with Gasteiger partial charge in [-0.2, -0.15) is 0 Å². The van der Waals surface area contributed by atoms with Gasteiger partial charge in [-0.3, -0.25) is 20.2 Å². The molecule has 0 aliphatic carbocycles. The third kappa shape index (κ3) is 2.88. The number of nitro groups is 4. The van der Waals surface area contributed by atoms with Crippen molar-refractivity contribution in [2.75, 3.05) is 0 Å². The van der Waals surface area contributed by atoms with Crippen molar-refractivity contribution in [1.29, 1.82) is 0 Å². The Morgan fingerprint density at radius 3 is 1.45 bits per heavy atom. The Morgan fingerprint density at radius 1 is 0.850 bits per heavy atom. The van der Waals surface area contributed by atoms with Crippen LogP contribution in [-0.4, -0.2) is 30.1 Å². The van der Waals surface area contributed by atoms with E-state index in [-0.39, 0.29) is 10.2 Å². The van der Waals surface area contributed by atoms with Crippen LogP contribution in [0.2, 0.25) is 0 Å². The van der Waals surface area contributed by atoms with Crippen LogP contribution in [0.15, 0.2) is 22.1 Å². The van der Waals surface area contributed by atoms with E-state index in [2.05, 4.69) is 10.4 Å². The van der Waals surface area contributed by atoms with Gasteiger partial charge in [0.05, 0.1) is 0 Å². The highest BCUT2D eigenvalue weighted by Crippen LogP contribution is 2.20. The number of nitrogens with zero attached hydrogens (tertiary/aromatic N) is 8. The molecule has 0 aromatic rings. The quantitative estimate of drug-likeness (QED) is 0.398. The molecule has 0 aromatic heterocycles. The summed E-state index contributed by atoms with van der Waals surface area (Å²) in [5, 5.41) is 44.6. The van der Waals surface area contributed by atoms with Gasteiger partial charge in [0, 0.05) is 0 Å². The van der Waals surface area contributed by atoms with E-state index in [1.807, 2.05) is 0 Å². The highest BCUT2D eigenvalue weighted by atomic mass is 16.7. The van der Waals surface area contributed by atoms with Crippen molar-refractivity contribution in [3.8, 4) is 0 Å². The molecular formula is C2H2N10O8. The summed E-state index contributed by atoms with van der Waals surface area (Å²) in [5.74, 6) is -3.12. The SMILES string of the molecule is O=[N+]([O-])NN1N=NN(N[N+](=O)[O-])C1=C([N+](=O)[O-])[N+](=O)[O-]. The minimum Gasteiger partial charge on any atom is -0.253 e. The van der Waals surface area contributed by atoms with Gasteiger partial charge in [0.2, 0.25) is 0 Å². The lowest BCUT2D eigenvalue weighted by molar-refractivity contribution is -0.626. The lowest BCUT2D eigenvalue weighted by Crippen LogP contribution is -2.45. The molecular weight excluding hydrogens is 292 g/mol. The van der Waals surface area contributed by atoms with Crippen LogP contribution < -0.4 is 11.1 Å². The summed E-state index contributed by atoms with van der Waals surface area (Å²) >= 11 is 0. The minimum absolute atomic E-state index is 0.0998. The van der Waals surface area contributed by atoms with Gasteiger partial charge in [-0.05, 0) is 21.5 Å². The first kappa shape index (κ1) is 14.2. The maximum absolute atomic E-state index is 10.6. The van der Waals surface area contributed by atoms with Crippen LogP contribution in [0.4, 0.5) is 0 Å². The Kier molecular flexibility index (Phi) is 3.69. The van der Waals surface area contributed by atoms with Gasteiger partial charge in [-0.1, -0.05) is 10.2 Å². The first-order valence-corrected chi connectivity index (χ1v) is 4.10. The fraction of sp³-hybridized carbons (Fsp3) is 0. The molecule has 18 heteroatoms. The molecule has 0 amide bonds. The second-order valence-corrected chi connectivity index (χ2v) is 2.68. The molecule has 0 radical (unpaired) electrons. The normalized spacial score (nSPS) is 13.1. The van der Waals surface area contributed by atoms with E-state index in [0.717, 1.165) is 0 Å². The Morgan fingerprint density at radius 2 is 1.20 bits per heavy atom. The number of rotatable bonds is 6. The van der Waals surface area contributed by atoms with E-state index >= 15 is 0 Å². The van der Waals surface area contributed by atoms with Crippen molar-refractivity contribution in [3.63, 3.8) is 0 Å². The van der Waals surface area contributed by atoms with E-state index in [1.54, 1.807) is 0 Å². The summed E-state index contributed by atoms with van der Waals surface area (Å²) in [6.45, 7) is 0. The number of nitrogens with one attached hydrogen (secondary N) is 2. The summed E-state index contributed by atoms with van der Waals surface area (Å²) < 4.78 is 0. The molecule has 0 atom stereocenters. The number of hydrazine groups is 4. The van der Waals surface area contributed by atoms with Crippen molar-refractivity contribution in [1.82, 2.24) is 21.3 Å². The molecule has 0 fully saturated rings. The van der Waals surface area contributed by atoms with Crippen LogP contribution in [-0.2, 0) is 0 Å². The monoisotopic (exact) mass is 294 g/mol. The Balaban J connectivity index is 3.30. The fourth-order valence-corrected chi connectivity index (χ4v) is 0.963. The van der Waals surface area contributed by atoms with Crippen molar-refractivity contribution < 1.29 is 19.9 Å². The average molecular weight is 294 g/mol.